The molecule has 1 unspecified atom stereocenters. The highest BCUT2D eigenvalue weighted by molar-refractivity contribution is 5.93. The molecule has 4 rings (SSSR count). The van der Waals surface area contributed by atoms with E-state index in [2.05, 4.69) is 22.1 Å². The Morgan fingerprint density at radius 3 is 2.50 bits per heavy atom. The molecule has 3 aromatic rings. The van der Waals surface area contributed by atoms with Gasteiger partial charge in [0.05, 0.1) is 16.6 Å². The van der Waals surface area contributed by atoms with Crippen molar-refractivity contribution < 1.29 is 13.2 Å². The first-order valence-electron chi connectivity index (χ1n) is 9.79. The maximum absolute atomic E-state index is 13.1. The van der Waals surface area contributed by atoms with Gasteiger partial charge in [-0.25, -0.2) is 9.97 Å². The second-order valence-electron chi connectivity index (χ2n) is 7.40. The number of nitrogen functional groups attached to an aromatic ring is 2. The summed E-state index contributed by atoms with van der Waals surface area (Å²) in [4.78, 5) is 11.4. The van der Waals surface area contributed by atoms with Crippen LogP contribution in [-0.4, -0.2) is 35.6 Å². The lowest BCUT2D eigenvalue weighted by Gasteiger charge is -2.21. The minimum atomic E-state index is -4.53. The molecule has 5 N–H and O–H groups in total. The van der Waals surface area contributed by atoms with E-state index in [4.69, 9.17) is 16.5 Å². The Kier molecular flexibility index (Phi) is 5.15. The number of anilines is 3. The van der Waals surface area contributed by atoms with E-state index in [1.165, 1.54) is 0 Å². The van der Waals surface area contributed by atoms with Crippen LogP contribution in [0.5, 0.6) is 0 Å². The number of hydrogen-bond acceptors (Lipinski definition) is 6. The molecule has 0 bridgehead atoms. The normalized spacial score (nSPS) is 17.1. The van der Waals surface area contributed by atoms with Gasteiger partial charge in [0.2, 0.25) is 0 Å². The molecule has 1 aromatic heterocycles. The van der Waals surface area contributed by atoms with Gasteiger partial charge in [0.1, 0.15) is 5.82 Å². The molecule has 1 aliphatic heterocycles. The number of rotatable bonds is 4. The van der Waals surface area contributed by atoms with Crippen LogP contribution in [0.4, 0.5) is 30.4 Å². The van der Waals surface area contributed by atoms with Gasteiger partial charge in [-0.05, 0) is 37.2 Å². The van der Waals surface area contributed by atoms with Crippen LogP contribution in [-0.2, 0) is 6.18 Å². The highest BCUT2D eigenvalue weighted by Crippen LogP contribution is 2.39. The third-order valence-electron chi connectivity index (χ3n) is 5.31. The molecule has 0 spiro atoms. The Balaban J connectivity index is 1.84. The van der Waals surface area contributed by atoms with Crippen molar-refractivity contribution in [2.24, 2.45) is 0 Å². The summed E-state index contributed by atoms with van der Waals surface area (Å²) >= 11 is 0. The van der Waals surface area contributed by atoms with Crippen LogP contribution < -0.4 is 21.7 Å². The van der Waals surface area contributed by atoms with Crippen molar-refractivity contribution in [2.75, 3.05) is 36.0 Å². The van der Waals surface area contributed by atoms with Crippen molar-refractivity contribution in [3.63, 3.8) is 0 Å². The third kappa shape index (κ3) is 3.72. The van der Waals surface area contributed by atoms with Gasteiger partial charge in [0, 0.05) is 35.9 Å². The maximum atomic E-state index is 13.1. The van der Waals surface area contributed by atoms with Crippen molar-refractivity contribution in [1.29, 1.82) is 0 Å². The topological polar surface area (TPSA) is 93.1 Å². The predicted molar refractivity (Wildman–Crippen MR) is 113 cm³/mol. The van der Waals surface area contributed by atoms with Crippen LogP contribution in [0, 0.1) is 0 Å². The summed E-state index contributed by atoms with van der Waals surface area (Å²) in [7, 11) is 0. The van der Waals surface area contributed by atoms with E-state index >= 15 is 0 Å². The van der Waals surface area contributed by atoms with Crippen LogP contribution in [0.15, 0.2) is 36.4 Å². The summed E-state index contributed by atoms with van der Waals surface area (Å²) in [5, 5.41) is 4.32. The summed E-state index contributed by atoms with van der Waals surface area (Å²) < 4.78 is 39.3. The smallest absolute Gasteiger partial charge is 0.398 e. The molecule has 0 amide bonds. The molecule has 6 nitrogen and oxygen atoms in total. The molecule has 2 heterocycles. The highest BCUT2D eigenvalue weighted by atomic mass is 19.4. The summed E-state index contributed by atoms with van der Waals surface area (Å²) in [6.45, 7) is 4.55. The number of nitrogens with zero attached hydrogens (tertiary/aromatic N) is 3. The molecule has 9 heteroatoms. The molecule has 30 heavy (non-hydrogen) atoms. The van der Waals surface area contributed by atoms with Gasteiger partial charge in [0.15, 0.2) is 5.82 Å². The minimum absolute atomic E-state index is 0.101. The van der Waals surface area contributed by atoms with E-state index in [-0.39, 0.29) is 22.8 Å². The largest absolute Gasteiger partial charge is 0.416 e. The number of halogens is 3. The monoisotopic (exact) mass is 416 g/mol. The van der Waals surface area contributed by atoms with Crippen molar-refractivity contribution in [3.8, 4) is 11.4 Å². The summed E-state index contributed by atoms with van der Waals surface area (Å²) in [5.74, 6) is 0.953. The van der Waals surface area contributed by atoms with E-state index in [0.717, 1.165) is 49.4 Å². The standard InChI is InChI=1S/C21H23F3N6/c1-2-27-13-7-8-30(11-13)20-14-5-3-4-6-17(14)28-19(29-20)18-15(25)9-12(10-16(18)26)21(22,23)24/h3-6,9-10,13,27H,2,7-8,11,25-26H2,1H3. The molecular formula is C21H23F3N6. The van der Waals surface area contributed by atoms with Gasteiger partial charge in [-0.1, -0.05) is 19.1 Å². The number of aromatic nitrogens is 2. The Hall–Kier alpha value is -3.07. The summed E-state index contributed by atoms with van der Waals surface area (Å²) in [6.07, 6.45) is -3.56. The van der Waals surface area contributed by atoms with Gasteiger partial charge >= 0.3 is 6.18 Å². The molecule has 1 atom stereocenters. The SMILES string of the molecule is CCNC1CCN(c2nc(-c3c(N)cc(C(F)(F)F)cc3N)nc3ccccc23)C1. The molecule has 0 saturated carbocycles. The van der Waals surface area contributed by atoms with Crippen LogP contribution in [0.2, 0.25) is 0 Å². The van der Waals surface area contributed by atoms with Gasteiger partial charge < -0.3 is 21.7 Å². The Labute approximate surface area is 172 Å². The number of hydrogen-bond donors (Lipinski definition) is 3. The van der Waals surface area contributed by atoms with E-state index in [1.807, 2.05) is 24.3 Å². The van der Waals surface area contributed by atoms with E-state index in [0.29, 0.717) is 11.6 Å². The maximum Gasteiger partial charge on any atom is 0.416 e. The molecule has 1 aliphatic rings. The Morgan fingerprint density at radius 2 is 1.83 bits per heavy atom. The zero-order chi connectivity index (χ0) is 21.5. The first kappa shape index (κ1) is 20.2. The number of alkyl halides is 3. The lowest BCUT2D eigenvalue weighted by Crippen LogP contribution is -2.32. The van der Waals surface area contributed by atoms with Crippen LogP contribution >= 0.6 is 0 Å². The minimum Gasteiger partial charge on any atom is -0.398 e. The molecule has 158 valence electrons. The number of nitrogens with two attached hydrogens (primary N) is 2. The molecule has 0 radical (unpaired) electrons. The fourth-order valence-electron chi connectivity index (χ4n) is 3.93. The Bertz CT molecular complexity index is 1060. The van der Waals surface area contributed by atoms with Crippen LogP contribution in [0.3, 0.4) is 0 Å². The molecular weight excluding hydrogens is 393 g/mol. The lowest BCUT2D eigenvalue weighted by atomic mass is 10.0. The average molecular weight is 416 g/mol. The first-order valence-corrected chi connectivity index (χ1v) is 9.79. The van der Waals surface area contributed by atoms with E-state index < -0.39 is 11.7 Å². The lowest BCUT2D eigenvalue weighted by molar-refractivity contribution is -0.137. The van der Waals surface area contributed by atoms with Gasteiger partial charge in [-0.3, -0.25) is 0 Å². The number of fused-ring (bicyclic) bond motifs is 1. The van der Waals surface area contributed by atoms with Crippen LogP contribution in [0.1, 0.15) is 18.9 Å². The van der Waals surface area contributed by atoms with E-state index in [1.54, 1.807) is 0 Å². The second kappa shape index (κ2) is 7.64. The van der Waals surface area contributed by atoms with Crippen molar-refractivity contribution in [2.45, 2.75) is 25.6 Å². The first-order chi connectivity index (χ1) is 14.3. The van der Waals surface area contributed by atoms with Crippen LogP contribution in [0.25, 0.3) is 22.3 Å². The quantitative estimate of drug-likeness (QED) is 0.562. The third-order valence-corrected chi connectivity index (χ3v) is 5.31. The van der Waals surface area contributed by atoms with Gasteiger partial charge in [-0.15, -0.1) is 0 Å². The fraction of sp³-hybridized carbons (Fsp3) is 0.333. The molecule has 1 fully saturated rings. The van der Waals surface area contributed by atoms with Crippen molar-refractivity contribution >= 4 is 28.1 Å². The second-order valence-corrected chi connectivity index (χ2v) is 7.40. The molecule has 1 saturated heterocycles. The molecule has 2 aromatic carbocycles. The number of benzene rings is 2. The van der Waals surface area contributed by atoms with E-state index in [9.17, 15) is 13.2 Å². The van der Waals surface area contributed by atoms with Crippen molar-refractivity contribution in [3.05, 3.63) is 42.0 Å². The van der Waals surface area contributed by atoms with Crippen molar-refractivity contribution in [1.82, 2.24) is 15.3 Å². The number of nitrogens with one attached hydrogen (secondary N) is 1. The highest BCUT2D eigenvalue weighted by Gasteiger charge is 2.32. The number of para-hydroxylation sites is 1. The van der Waals surface area contributed by atoms with Gasteiger partial charge in [0.25, 0.3) is 0 Å². The van der Waals surface area contributed by atoms with Gasteiger partial charge in [-0.2, -0.15) is 13.2 Å². The average Bonchev–Trinajstić information content (AvgIpc) is 3.15. The predicted octanol–water partition coefficient (Wildman–Crippen LogP) is 3.67. The Morgan fingerprint density at radius 1 is 1.13 bits per heavy atom. The number of likely N-dealkylation sites (N-methyl/N-ethyl adjacent to an activating group) is 1. The zero-order valence-corrected chi connectivity index (χ0v) is 16.5. The molecule has 0 aliphatic carbocycles. The fourth-order valence-corrected chi connectivity index (χ4v) is 3.93. The summed E-state index contributed by atoms with van der Waals surface area (Å²) in [5.41, 5.74) is 11.8. The summed E-state index contributed by atoms with van der Waals surface area (Å²) in [6, 6.07) is 9.66. The zero-order valence-electron chi connectivity index (χ0n) is 16.5.